The van der Waals surface area contributed by atoms with E-state index in [4.69, 9.17) is 9.84 Å². The summed E-state index contributed by atoms with van der Waals surface area (Å²) in [4.78, 5) is 10.9. The van der Waals surface area contributed by atoms with E-state index in [0.29, 0.717) is 18.8 Å². The quantitative estimate of drug-likeness (QED) is 0.894. The number of hydrogen-bond donors (Lipinski definition) is 2. The average Bonchev–Trinajstić information content (AvgIpc) is 2.96. The molecule has 110 valence electrons. The first-order valence-electron chi connectivity index (χ1n) is 6.99. The Morgan fingerprint density at radius 1 is 1.33 bits per heavy atom. The Morgan fingerprint density at radius 3 is 2.81 bits per heavy atom. The molecule has 1 aliphatic rings. The first-order chi connectivity index (χ1) is 10.1. The lowest BCUT2D eigenvalue weighted by Gasteiger charge is -2.14. The molecular weight excluding hydrogens is 270 g/mol. The number of aryl methyl sites for hydroxylation is 1. The van der Waals surface area contributed by atoms with E-state index in [2.05, 4.69) is 15.5 Å². The highest BCUT2D eigenvalue weighted by molar-refractivity contribution is 5.92. The molecule has 6 heteroatoms. The van der Waals surface area contributed by atoms with Crippen molar-refractivity contribution in [3.63, 3.8) is 0 Å². The third kappa shape index (κ3) is 2.80. The average molecular weight is 287 g/mol. The molecule has 2 aromatic rings. The molecule has 2 N–H and O–H groups in total. The maximum atomic E-state index is 10.9. The van der Waals surface area contributed by atoms with Crippen LogP contribution in [0.3, 0.4) is 0 Å². The van der Waals surface area contributed by atoms with Gasteiger partial charge in [-0.2, -0.15) is 5.10 Å². The minimum absolute atomic E-state index is 0.104. The predicted octanol–water partition coefficient (Wildman–Crippen LogP) is 1.98. The number of hydrogen-bond acceptors (Lipinski definition) is 5. The number of fused-ring (bicyclic) bond motifs is 1. The van der Waals surface area contributed by atoms with Crippen LogP contribution in [0, 0.1) is 6.92 Å². The number of carboxylic acid groups (broad SMARTS) is 1. The van der Waals surface area contributed by atoms with Crippen LogP contribution in [0.2, 0.25) is 0 Å². The highest BCUT2D eigenvalue weighted by Gasteiger charge is 2.30. The summed E-state index contributed by atoms with van der Waals surface area (Å²) in [5.41, 5.74) is 0.888. The molecule has 1 aromatic heterocycles. The SMILES string of the molecule is Cc1nnc(NCC2CCC(C(=O)O)O2)c2ccccc12. The Bertz CT molecular complexity index is 674. The van der Waals surface area contributed by atoms with Crippen LogP contribution in [0.25, 0.3) is 10.8 Å². The molecule has 1 aromatic carbocycles. The molecule has 3 rings (SSSR count). The van der Waals surface area contributed by atoms with Crippen LogP contribution in [0.15, 0.2) is 24.3 Å². The minimum atomic E-state index is -0.891. The number of ether oxygens (including phenoxy) is 1. The fourth-order valence-corrected chi connectivity index (χ4v) is 2.62. The van der Waals surface area contributed by atoms with Crippen molar-refractivity contribution in [1.82, 2.24) is 10.2 Å². The highest BCUT2D eigenvalue weighted by Crippen LogP contribution is 2.24. The van der Waals surface area contributed by atoms with E-state index < -0.39 is 12.1 Å². The Morgan fingerprint density at radius 2 is 2.10 bits per heavy atom. The van der Waals surface area contributed by atoms with Gasteiger partial charge in [-0.15, -0.1) is 5.10 Å². The standard InChI is InChI=1S/C15H17N3O3/c1-9-11-4-2-3-5-12(11)14(18-17-9)16-8-10-6-7-13(21-10)15(19)20/h2-5,10,13H,6-8H2,1H3,(H,16,18)(H,19,20). The number of aromatic nitrogens is 2. The number of aliphatic carboxylic acids is 1. The zero-order chi connectivity index (χ0) is 14.8. The summed E-state index contributed by atoms with van der Waals surface area (Å²) in [5.74, 6) is -0.184. The Hall–Kier alpha value is -2.21. The molecule has 6 nitrogen and oxygen atoms in total. The summed E-state index contributed by atoms with van der Waals surface area (Å²) >= 11 is 0. The maximum absolute atomic E-state index is 10.9. The van der Waals surface area contributed by atoms with Gasteiger partial charge in [0.15, 0.2) is 11.9 Å². The minimum Gasteiger partial charge on any atom is -0.479 e. The molecule has 0 bridgehead atoms. The highest BCUT2D eigenvalue weighted by atomic mass is 16.5. The van der Waals surface area contributed by atoms with E-state index in [1.165, 1.54) is 0 Å². The van der Waals surface area contributed by atoms with Gasteiger partial charge in [-0.3, -0.25) is 0 Å². The van der Waals surface area contributed by atoms with E-state index in [0.717, 1.165) is 22.9 Å². The number of carbonyl (C=O) groups is 1. The van der Waals surface area contributed by atoms with Crippen LogP contribution in [-0.2, 0) is 9.53 Å². The van der Waals surface area contributed by atoms with E-state index in [1.54, 1.807) is 0 Å². The fraction of sp³-hybridized carbons (Fsp3) is 0.400. The van der Waals surface area contributed by atoms with Crippen LogP contribution >= 0.6 is 0 Å². The van der Waals surface area contributed by atoms with Crippen molar-refractivity contribution in [3.8, 4) is 0 Å². The van der Waals surface area contributed by atoms with Gasteiger partial charge in [0.05, 0.1) is 11.8 Å². The molecule has 2 unspecified atom stereocenters. The molecule has 1 fully saturated rings. The Labute approximate surface area is 122 Å². The lowest BCUT2D eigenvalue weighted by Crippen LogP contribution is -2.24. The molecule has 0 aliphatic carbocycles. The summed E-state index contributed by atoms with van der Waals surface area (Å²) in [6.45, 7) is 2.46. The van der Waals surface area contributed by atoms with Crippen molar-refractivity contribution in [2.24, 2.45) is 0 Å². The molecule has 2 atom stereocenters. The zero-order valence-electron chi connectivity index (χ0n) is 11.7. The van der Waals surface area contributed by atoms with Crippen molar-refractivity contribution in [2.45, 2.75) is 32.0 Å². The first-order valence-corrected chi connectivity index (χ1v) is 6.99. The number of carboxylic acids is 1. The first kappa shape index (κ1) is 13.8. The normalized spacial score (nSPS) is 21.6. The number of nitrogens with one attached hydrogen (secondary N) is 1. The second kappa shape index (κ2) is 5.65. The van der Waals surface area contributed by atoms with Gasteiger partial charge in [0.2, 0.25) is 0 Å². The summed E-state index contributed by atoms with van der Waals surface area (Å²) in [7, 11) is 0. The molecule has 1 saturated heterocycles. The number of rotatable bonds is 4. The third-order valence-corrected chi connectivity index (χ3v) is 3.75. The monoisotopic (exact) mass is 287 g/mol. The van der Waals surface area contributed by atoms with Gasteiger partial charge in [-0.25, -0.2) is 4.79 Å². The number of anilines is 1. The van der Waals surface area contributed by atoms with Gasteiger partial charge < -0.3 is 15.2 Å². The molecule has 0 radical (unpaired) electrons. The van der Waals surface area contributed by atoms with Crippen LogP contribution in [-0.4, -0.2) is 40.0 Å². The van der Waals surface area contributed by atoms with Gasteiger partial charge in [-0.1, -0.05) is 24.3 Å². The van der Waals surface area contributed by atoms with E-state index >= 15 is 0 Å². The van der Waals surface area contributed by atoms with Gasteiger partial charge in [0.1, 0.15) is 0 Å². The second-order valence-electron chi connectivity index (χ2n) is 5.22. The van der Waals surface area contributed by atoms with Crippen LogP contribution < -0.4 is 5.32 Å². The number of nitrogens with zero attached hydrogens (tertiary/aromatic N) is 2. The maximum Gasteiger partial charge on any atom is 0.332 e. The van der Waals surface area contributed by atoms with E-state index in [-0.39, 0.29) is 6.10 Å². The summed E-state index contributed by atoms with van der Waals surface area (Å²) in [6, 6.07) is 7.94. The van der Waals surface area contributed by atoms with Gasteiger partial charge in [-0.05, 0) is 19.8 Å². The van der Waals surface area contributed by atoms with Crippen LogP contribution in [0.4, 0.5) is 5.82 Å². The summed E-state index contributed by atoms with van der Waals surface area (Å²) < 4.78 is 5.47. The predicted molar refractivity (Wildman–Crippen MR) is 78.3 cm³/mol. The Balaban J connectivity index is 1.72. The van der Waals surface area contributed by atoms with Crippen molar-refractivity contribution in [3.05, 3.63) is 30.0 Å². The van der Waals surface area contributed by atoms with Crippen molar-refractivity contribution in [2.75, 3.05) is 11.9 Å². The van der Waals surface area contributed by atoms with E-state index in [1.807, 2.05) is 31.2 Å². The molecule has 1 aliphatic heterocycles. The fourth-order valence-electron chi connectivity index (χ4n) is 2.62. The van der Waals surface area contributed by atoms with Crippen molar-refractivity contribution < 1.29 is 14.6 Å². The topological polar surface area (TPSA) is 84.3 Å². The van der Waals surface area contributed by atoms with Gasteiger partial charge in [0.25, 0.3) is 0 Å². The van der Waals surface area contributed by atoms with Crippen molar-refractivity contribution in [1.29, 1.82) is 0 Å². The lowest BCUT2D eigenvalue weighted by molar-refractivity contribution is -0.149. The second-order valence-corrected chi connectivity index (χ2v) is 5.22. The molecule has 21 heavy (non-hydrogen) atoms. The smallest absolute Gasteiger partial charge is 0.332 e. The zero-order valence-corrected chi connectivity index (χ0v) is 11.7. The molecule has 0 spiro atoms. The van der Waals surface area contributed by atoms with Gasteiger partial charge in [0, 0.05) is 17.3 Å². The molecule has 0 saturated carbocycles. The summed E-state index contributed by atoms with van der Waals surface area (Å²) in [5, 5.41) is 22.6. The number of benzene rings is 1. The van der Waals surface area contributed by atoms with E-state index in [9.17, 15) is 4.79 Å². The molecule has 0 amide bonds. The van der Waals surface area contributed by atoms with Gasteiger partial charge >= 0.3 is 5.97 Å². The molecule has 2 heterocycles. The van der Waals surface area contributed by atoms with Crippen molar-refractivity contribution >= 4 is 22.6 Å². The Kier molecular flexibility index (Phi) is 3.70. The largest absolute Gasteiger partial charge is 0.479 e. The van der Waals surface area contributed by atoms with Crippen LogP contribution in [0.5, 0.6) is 0 Å². The lowest BCUT2D eigenvalue weighted by atomic mass is 10.1. The summed E-state index contributed by atoms with van der Waals surface area (Å²) in [6.07, 6.45) is 0.508. The van der Waals surface area contributed by atoms with Crippen LogP contribution in [0.1, 0.15) is 18.5 Å². The molecular formula is C15H17N3O3. The third-order valence-electron chi connectivity index (χ3n) is 3.75.